The Morgan fingerprint density at radius 1 is 0.833 bits per heavy atom. The van der Waals surface area contributed by atoms with Crippen LogP contribution in [0.1, 0.15) is 75.2 Å². The van der Waals surface area contributed by atoms with Crippen molar-refractivity contribution in [3.8, 4) is 0 Å². The molecule has 0 amide bonds. The van der Waals surface area contributed by atoms with Crippen LogP contribution < -0.4 is 10.6 Å². The fraction of sp³-hybridized carbons (Fsp3) is 1.00. The molecule has 0 aromatic carbocycles. The predicted octanol–water partition coefficient (Wildman–Crippen LogP) is 3.96. The largest absolute Gasteiger partial charge is 0.314 e. The van der Waals surface area contributed by atoms with Gasteiger partial charge in [-0.15, -0.1) is 0 Å². The summed E-state index contributed by atoms with van der Waals surface area (Å²) in [6.07, 6.45) is 2.33. The second kappa shape index (κ2) is 6.38. The zero-order chi connectivity index (χ0) is 14.6. The first-order valence-corrected chi connectivity index (χ1v) is 7.36. The lowest BCUT2D eigenvalue weighted by Gasteiger charge is -2.41. The maximum absolute atomic E-state index is 3.82. The Kier molecular flexibility index (Phi) is 6.35. The first kappa shape index (κ1) is 17.9. The van der Waals surface area contributed by atoms with Crippen molar-refractivity contribution >= 4 is 0 Å². The topological polar surface area (TPSA) is 24.1 Å². The lowest BCUT2D eigenvalue weighted by Crippen LogP contribution is -2.54. The van der Waals surface area contributed by atoms with Gasteiger partial charge in [0.1, 0.15) is 0 Å². The molecule has 0 aliphatic heterocycles. The average molecular weight is 256 g/mol. The van der Waals surface area contributed by atoms with Crippen molar-refractivity contribution in [1.29, 1.82) is 0 Å². The summed E-state index contributed by atoms with van der Waals surface area (Å²) in [6.45, 7) is 21.6. The van der Waals surface area contributed by atoms with Gasteiger partial charge < -0.3 is 10.6 Å². The molecule has 2 heteroatoms. The zero-order valence-corrected chi connectivity index (χ0v) is 14.2. The third kappa shape index (κ3) is 9.90. The molecule has 110 valence electrons. The predicted molar refractivity (Wildman–Crippen MR) is 83.1 cm³/mol. The molecule has 0 unspecified atom stereocenters. The van der Waals surface area contributed by atoms with Gasteiger partial charge in [0, 0.05) is 17.1 Å². The fourth-order valence-electron chi connectivity index (χ4n) is 3.02. The van der Waals surface area contributed by atoms with Crippen LogP contribution in [-0.4, -0.2) is 23.7 Å². The van der Waals surface area contributed by atoms with Crippen LogP contribution in [0.3, 0.4) is 0 Å². The first-order valence-electron chi connectivity index (χ1n) is 7.36. The normalized spacial score (nSPS) is 14.3. The van der Waals surface area contributed by atoms with Gasteiger partial charge in [0.2, 0.25) is 0 Å². The Bertz CT molecular complexity index is 234. The molecule has 0 aromatic heterocycles. The Morgan fingerprint density at radius 2 is 1.33 bits per heavy atom. The second-order valence-electron chi connectivity index (χ2n) is 8.49. The van der Waals surface area contributed by atoms with Gasteiger partial charge in [-0.3, -0.25) is 0 Å². The standard InChI is InChI=1S/C16H36N2/c1-13(2)17-11-10-15(6,7)18-16(8,9)12-14(3,4)5/h13,17-18H,10-12H2,1-9H3. The number of nitrogens with one attached hydrogen (secondary N) is 2. The third-order valence-electron chi connectivity index (χ3n) is 2.95. The van der Waals surface area contributed by atoms with E-state index < -0.39 is 0 Å². The minimum atomic E-state index is 0.177. The van der Waals surface area contributed by atoms with Crippen LogP contribution in [-0.2, 0) is 0 Å². The molecule has 0 saturated heterocycles. The summed E-state index contributed by atoms with van der Waals surface area (Å²) in [5, 5.41) is 7.32. The molecule has 2 N–H and O–H groups in total. The number of rotatable bonds is 7. The van der Waals surface area contributed by atoms with Crippen LogP contribution in [0.15, 0.2) is 0 Å². The fourth-order valence-corrected chi connectivity index (χ4v) is 3.02. The van der Waals surface area contributed by atoms with E-state index in [2.05, 4.69) is 72.9 Å². The van der Waals surface area contributed by atoms with Gasteiger partial charge in [0.25, 0.3) is 0 Å². The Morgan fingerprint density at radius 3 is 1.72 bits per heavy atom. The third-order valence-corrected chi connectivity index (χ3v) is 2.95. The average Bonchev–Trinajstić information content (AvgIpc) is 1.93. The van der Waals surface area contributed by atoms with Gasteiger partial charge in [0.15, 0.2) is 0 Å². The van der Waals surface area contributed by atoms with Crippen LogP contribution in [0.5, 0.6) is 0 Å². The van der Waals surface area contributed by atoms with Crippen molar-refractivity contribution in [1.82, 2.24) is 10.6 Å². The van der Waals surface area contributed by atoms with Crippen molar-refractivity contribution < 1.29 is 0 Å². The molecule has 0 bridgehead atoms. The van der Waals surface area contributed by atoms with Crippen LogP contribution in [0.4, 0.5) is 0 Å². The van der Waals surface area contributed by atoms with E-state index in [4.69, 9.17) is 0 Å². The van der Waals surface area contributed by atoms with E-state index >= 15 is 0 Å². The van der Waals surface area contributed by atoms with Gasteiger partial charge in [-0.1, -0.05) is 34.6 Å². The summed E-state index contributed by atoms with van der Waals surface area (Å²) in [6, 6.07) is 0.573. The highest BCUT2D eigenvalue weighted by molar-refractivity contribution is 4.91. The van der Waals surface area contributed by atoms with Crippen molar-refractivity contribution in [2.75, 3.05) is 6.54 Å². The van der Waals surface area contributed by atoms with Crippen LogP contribution in [0.25, 0.3) is 0 Å². The van der Waals surface area contributed by atoms with E-state index in [1.807, 2.05) is 0 Å². The van der Waals surface area contributed by atoms with E-state index in [0.29, 0.717) is 11.5 Å². The number of hydrogen-bond acceptors (Lipinski definition) is 2. The Balaban J connectivity index is 4.28. The minimum Gasteiger partial charge on any atom is -0.314 e. The summed E-state index contributed by atoms with van der Waals surface area (Å²) in [4.78, 5) is 0. The molecule has 18 heavy (non-hydrogen) atoms. The summed E-state index contributed by atoms with van der Waals surface area (Å²) in [5.74, 6) is 0. The molecule has 0 aliphatic carbocycles. The highest BCUT2D eigenvalue weighted by Gasteiger charge is 2.30. The second-order valence-corrected chi connectivity index (χ2v) is 8.49. The maximum atomic E-state index is 3.82. The Labute approximate surface area is 115 Å². The lowest BCUT2D eigenvalue weighted by molar-refractivity contribution is 0.184. The van der Waals surface area contributed by atoms with Crippen molar-refractivity contribution in [3.05, 3.63) is 0 Å². The van der Waals surface area contributed by atoms with Crippen molar-refractivity contribution in [3.63, 3.8) is 0 Å². The highest BCUT2D eigenvalue weighted by Crippen LogP contribution is 2.28. The molecule has 0 rings (SSSR count). The summed E-state index contributed by atoms with van der Waals surface area (Å²) in [5.41, 5.74) is 0.721. The molecule has 0 aliphatic rings. The molecule has 0 heterocycles. The molecule has 2 nitrogen and oxygen atoms in total. The quantitative estimate of drug-likeness (QED) is 0.720. The Hall–Kier alpha value is -0.0800. The van der Waals surface area contributed by atoms with Crippen LogP contribution in [0.2, 0.25) is 0 Å². The molecular formula is C16H36N2. The SMILES string of the molecule is CC(C)NCCC(C)(C)NC(C)(C)CC(C)(C)C. The van der Waals surface area contributed by atoms with Crippen molar-refractivity contribution in [2.24, 2.45) is 5.41 Å². The maximum Gasteiger partial charge on any atom is 0.0142 e. The molecule has 0 spiro atoms. The summed E-state index contributed by atoms with van der Waals surface area (Å²) >= 11 is 0. The molecule has 0 saturated carbocycles. The van der Waals surface area contributed by atoms with E-state index in [1.165, 1.54) is 6.42 Å². The van der Waals surface area contributed by atoms with Gasteiger partial charge >= 0.3 is 0 Å². The number of hydrogen-bond donors (Lipinski definition) is 2. The van der Waals surface area contributed by atoms with Crippen LogP contribution >= 0.6 is 0 Å². The molecule has 0 radical (unpaired) electrons. The minimum absolute atomic E-state index is 0.177. The van der Waals surface area contributed by atoms with Crippen molar-refractivity contribution in [2.45, 2.75) is 92.3 Å². The van der Waals surface area contributed by atoms with E-state index in [1.54, 1.807) is 0 Å². The summed E-state index contributed by atoms with van der Waals surface area (Å²) in [7, 11) is 0. The van der Waals surface area contributed by atoms with Gasteiger partial charge in [-0.05, 0) is 52.5 Å². The first-order chi connectivity index (χ1) is 7.83. The molecule has 0 atom stereocenters. The monoisotopic (exact) mass is 256 g/mol. The van der Waals surface area contributed by atoms with Gasteiger partial charge in [-0.25, -0.2) is 0 Å². The van der Waals surface area contributed by atoms with Crippen LogP contribution in [0, 0.1) is 5.41 Å². The summed E-state index contributed by atoms with van der Waals surface area (Å²) < 4.78 is 0. The molecular weight excluding hydrogens is 220 g/mol. The van der Waals surface area contributed by atoms with E-state index in [9.17, 15) is 0 Å². The van der Waals surface area contributed by atoms with E-state index in [-0.39, 0.29) is 11.1 Å². The lowest BCUT2D eigenvalue weighted by atomic mass is 9.80. The van der Waals surface area contributed by atoms with Gasteiger partial charge in [0.05, 0.1) is 0 Å². The van der Waals surface area contributed by atoms with Gasteiger partial charge in [-0.2, -0.15) is 0 Å². The molecule has 0 fully saturated rings. The van der Waals surface area contributed by atoms with E-state index in [0.717, 1.165) is 13.0 Å². The highest BCUT2D eigenvalue weighted by atomic mass is 15.0. The molecule has 0 aromatic rings. The smallest absolute Gasteiger partial charge is 0.0142 e. The zero-order valence-electron chi connectivity index (χ0n) is 14.2.